The molecule has 0 saturated carbocycles. The molecule has 1 N–H and O–H groups in total. The lowest BCUT2D eigenvalue weighted by Gasteiger charge is -2.25. The maximum atomic E-state index is 12.6. The number of aromatic carboxylic acids is 1. The number of benzene rings is 1. The summed E-state index contributed by atoms with van der Waals surface area (Å²) in [5.74, 6) is -3.43. The molecule has 4 nitrogen and oxygen atoms in total. The number of hydrogen-bond donors (Lipinski definition) is 1. The Balaban J connectivity index is 3.24. The Hall–Kier alpha value is -2.05. The van der Waals surface area contributed by atoms with E-state index in [1.807, 2.05) is 0 Å². The predicted molar refractivity (Wildman–Crippen MR) is 66.7 cm³/mol. The molecule has 1 aromatic carbocycles. The number of carbonyl (C=O) groups is 2. The molecule has 0 saturated heterocycles. The Morgan fingerprint density at radius 1 is 1.25 bits per heavy atom. The van der Waals surface area contributed by atoms with Gasteiger partial charge < -0.3 is 10.0 Å². The normalized spacial score (nSPS) is 11.2. The van der Waals surface area contributed by atoms with Crippen LogP contribution in [0.2, 0.25) is 0 Å². The second-order valence-electron chi connectivity index (χ2n) is 4.13. The average Bonchev–Trinajstić information content (AvgIpc) is 2.38. The number of para-hydroxylation sites is 1. The Labute approximate surface area is 113 Å². The van der Waals surface area contributed by atoms with Crippen molar-refractivity contribution in [1.82, 2.24) is 0 Å². The Morgan fingerprint density at radius 3 is 2.35 bits per heavy atom. The summed E-state index contributed by atoms with van der Waals surface area (Å²) in [5, 5.41) is 9.01. The summed E-state index contributed by atoms with van der Waals surface area (Å²) < 4.78 is 37.8. The lowest BCUT2D eigenvalue weighted by Crippen LogP contribution is -2.42. The van der Waals surface area contributed by atoms with Crippen LogP contribution in [0.4, 0.5) is 18.9 Å². The van der Waals surface area contributed by atoms with Crippen LogP contribution in [0.25, 0.3) is 0 Å². The summed E-state index contributed by atoms with van der Waals surface area (Å²) >= 11 is 0. The molecular formula is C13H14F3NO3. The van der Waals surface area contributed by atoms with E-state index in [4.69, 9.17) is 5.11 Å². The van der Waals surface area contributed by atoms with Crippen molar-refractivity contribution >= 4 is 17.6 Å². The van der Waals surface area contributed by atoms with E-state index >= 15 is 0 Å². The summed E-state index contributed by atoms with van der Waals surface area (Å²) in [6, 6.07) is 5.15. The monoisotopic (exact) mass is 289 g/mol. The summed E-state index contributed by atoms with van der Waals surface area (Å²) in [5.41, 5.74) is -0.572. The summed E-state index contributed by atoms with van der Waals surface area (Å²) in [4.78, 5) is 23.0. The molecule has 1 amide bonds. The van der Waals surface area contributed by atoms with Gasteiger partial charge in [0.1, 0.15) is 0 Å². The van der Waals surface area contributed by atoms with Gasteiger partial charge in [0.2, 0.25) is 0 Å². The van der Waals surface area contributed by atoms with Crippen molar-refractivity contribution in [2.45, 2.75) is 25.9 Å². The highest BCUT2D eigenvalue weighted by atomic mass is 19.4. The van der Waals surface area contributed by atoms with Gasteiger partial charge in [-0.25, -0.2) is 4.79 Å². The van der Waals surface area contributed by atoms with E-state index in [1.165, 1.54) is 24.3 Å². The largest absolute Gasteiger partial charge is 0.478 e. The van der Waals surface area contributed by atoms with E-state index in [0.29, 0.717) is 17.7 Å². The fourth-order valence-electron chi connectivity index (χ4n) is 1.69. The molecule has 0 aliphatic carbocycles. The molecule has 0 spiro atoms. The number of nitrogens with zero attached hydrogens (tertiary/aromatic N) is 1. The second kappa shape index (κ2) is 6.40. The van der Waals surface area contributed by atoms with Gasteiger partial charge >= 0.3 is 18.1 Å². The Bertz CT molecular complexity index is 500. The minimum Gasteiger partial charge on any atom is -0.478 e. The van der Waals surface area contributed by atoms with Crippen molar-refractivity contribution in [3.63, 3.8) is 0 Å². The number of hydrogen-bond acceptors (Lipinski definition) is 2. The van der Waals surface area contributed by atoms with Crippen LogP contribution in [-0.4, -0.2) is 29.7 Å². The first-order valence-corrected chi connectivity index (χ1v) is 6.00. The smallest absolute Gasteiger partial charge is 0.471 e. The SMILES string of the molecule is CCCCN(C(=O)C(F)(F)F)c1ccccc1C(=O)O. The van der Waals surface area contributed by atoms with Gasteiger partial charge in [0.15, 0.2) is 0 Å². The topological polar surface area (TPSA) is 57.6 Å². The number of anilines is 1. The zero-order valence-electron chi connectivity index (χ0n) is 10.8. The Kier molecular flexibility index (Phi) is 5.12. The van der Waals surface area contributed by atoms with Gasteiger partial charge in [0.05, 0.1) is 11.3 Å². The average molecular weight is 289 g/mol. The molecule has 7 heteroatoms. The van der Waals surface area contributed by atoms with E-state index in [-0.39, 0.29) is 17.8 Å². The van der Waals surface area contributed by atoms with Crippen molar-refractivity contribution in [2.75, 3.05) is 11.4 Å². The third-order valence-electron chi connectivity index (χ3n) is 2.65. The van der Waals surface area contributed by atoms with Crippen molar-refractivity contribution in [3.8, 4) is 0 Å². The van der Waals surface area contributed by atoms with E-state index in [0.717, 1.165) is 0 Å². The lowest BCUT2D eigenvalue weighted by molar-refractivity contribution is -0.170. The third kappa shape index (κ3) is 3.72. The first-order chi connectivity index (χ1) is 9.29. The van der Waals surface area contributed by atoms with Gasteiger partial charge in [0, 0.05) is 6.54 Å². The second-order valence-corrected chi connectivity index (χ2v) is 4.13. The number of carbonyl (C=O) groups excluding carboxylic acids is 1. The van der Waals surface area contributed by atoms with Gasteiger partial charge in [-0.05, 0) is 18.6 Å². The molecule has 20 heavy (non-hydrogen) atoms. The molecule has 0 unspecified atom stereocenters. The minimum absolute atomic E-state index is 0.181. The van der Waals surface area contributed by atoms with Crippen LogP contribution in [-0.2, 0) is 4.79 Å². The van der Waals surface area contributed by atoms with E-state index in [2.05, 4.69) is 0 Å². The quantitative estimate of drug-likeness (QED) is 0.906. The molecular weight excluding hydrogens is 275 g/mol. The van der Waals surface area contributed by atoms with Crippen LogP contribution < -0.4 is 4.90 Å². The fourth-order valence-corrected chi connectivity index (χ4v) is 1.69. The van der Waals surface area contributed by atoms with E-state index in [1.54, 1.807) is 6.92 Å². The first-order valence-electron chi connectivity index (χ1n) is 6.00. The number of amides is 1. The molecule has 0 heterocycles. The summed E-state index contributed by atoms with van der Waals surface area (Å²) in [6.07, 6.45) is -4.12. The zero-order chi connectivity index (χ0) is 15.3. The molecule has 0 aromatic heterocycles. The molecule has 0 atom stereocenters. The standard InChI is InChI=1S/C13H14F3NO3/c1-2-3-8-17(12(20)13(14,15)16)10-7-5-4-6-9(10)11(18)19/h4-7H,2-3,8H2,1H3,(H,18,19). The summed E-state index contributed by atoms with van der Waals surface area (Å²) in [7, 11) is 0. The van der Waals surface area contributed by atoms with Crippen molar-refractivity contribution in [1.29, 1.82) is 0 Å². The molecule has 110 valence electrons. The van der Waals surface area contributed by atoms with Gasteiger partial charge in [-0.15, -0.1) is 0 Å². The molecule has 0 aliphatic heterocycles. The van der Waals surface area contributed by atoms with Crippen molar-refractivity contribution in [2.24, 2.45) is 0 Å². The van der Waals surface area contributed by atoms with Crippen LogP contribution in [0, 0.1) is 0 Å². The molecule has 0 radical (unpaired) electrons. The highest BCUT2D eigenvalue weighted by Gasteiger charge is 2.43. The third-order valence-corrected chi connectivity index (χ3v) is 2.65. The number of halogens is 3. The van der Waals surface area contributed by atoms with Gasteiger partial charge in [-0.2, -0.15) is 13.2 Å². The number of rotatable bonds is 5. The van der Waals surface area contributed by atoms with Crippen molar-refractivity contribution in [3.05, 3.63) is 29.8 Å². The lowest BCUT2D eigenvalue weighted by atomic mass is 10.1. The van der Waals surface area contributed by atoms with E-state index in [9.17, 15) is 22.8 Å². The van der Waals surface area contributed by atoms with E-state index < -0.39 is 18.1 Å². The van der Waals surface area contributed by atoms with Gasteiger partial charge in [0.25, 0.3) is 0 Å². The molecule has 0 aliphatic rings. The van der Waals surface area contributed by atoms with Crippen LogP contribution in [0.1, 0.15) is 30.1 Å². The molecule has 0 bridgehead atoms. The zero-order valence-corrected chi connectivity index (χ0v) is 10.8. The number of carboxylic acids is 1. The van der Waals surface area contributed by atoms with Crippen LogP contribution in [0.15, 0.2) is 24.3 Å². The van der Waals surface area contributed by atoms with Crippen LogP contribution in [0.5, 0.6) is 0 Å². The summed E-state index contributed by atoms with van der Waals surface area (Å²) in [6.45, 7) is 1.58. The highest BCUT2D eigenvalue weighted by molar-refractivity contribution is 6.03. The van der Waals surface area contributed by atoms with Crippen molar-refractivity contribution < 1.29 is 27.9 Å². The van der Waals surface area contributed by atoms with Gasteiger partial charge in [-0.3, -0.25) is 4.79 Å². The minimum atomic E-state index is -5.04. The van der Waals surface area contributed by atoms with Crippen LogP contribution >= 0.6 is 0 Å². The highest BCUT2D eigenvalue weighted by Crippen LogP contribution is 2.27. The number of unbranched alkanes of at least 4 members (excludes halogenated alkanes) is 1. The van der Waals surface area contributed by atoms with Crippen LogP contribution in [0.3, 0.4) is 0 Å². The molecule has 1 aromatic rings. The van der Waals surface area contributed by atoms with Gasteiger partial charge in [-0.1, -0.05) is 25.5 Å². The fraction of sp³-hybridized carbons (Fsp3) is 0.385. The maximum absolute atomic E-state index is 12.6. The number of carboxylic acid groups (broad SMARTS) is 1. The Morgan fingerprint density at radius 2 is 1.85 bits per heavy atom. The molecule has 1 rings (SSSR count). The maximum Gasteiger partial charge on any atom is 0.471 e. The molecule has 0 fully saturated rings. The predicted octanol–water partition coefficient (Wildman–Crippen LogP) is 3.08. The first kappa shape index (κ1) is 16.0. The number of alkyl halides is 3.